The molecule has 5 heteroatoms. The monoisotopic (exact) mass is 309 g/mol. The molecule has 1 aromatic carbocycles. The molecule has 2 aromatic heterocycles. The van der Waals surface area contributed by atoms with Crippen molar-refractivity contribution in [1.29, 1.82) is 0 Å². The number of nitrogens with one attached hydrogen (secondary N) is 1. The first-order valence-electron chi connectivity index (χ1n) is 6.99. The third-order valence-electron chi connectivity index (χ3n) is 3.38. The first-order valence-corrected chi connectivity index (χ1v) is 7.40. The summed E-state index contributed by atoms with van der Waals surface area (Å²) in [6, 6.07) is 15.6. The highest BCUT2D eigenvalue weighted by molar-refractivity contribution is 7.71. The van der Waals surface area contributed by atoms with Crippen LogP contribution in [-0.2, 0) is 13.0 Å². The van der Waals surface area contributed by atoms with Gasteiger partial charge in [0.1, 0.15) is 0 Å². The van der Waals surface area contributed by atoms with Gasteiger partial charge >= 0.3 is 0 Å². The van der Waals surface area contributed by atoms with E-state index in [1.54, 1.807) is 6.20 Å². The molecule has 0 spiro atoms. The van der Waals surface area contributed by atoms with Crippen LogP contribution in [0.15, 0.2) is 65.7 Å². The molecule has 0 aliphatic rings. The molecule has 0 saturated heterocycles. The molecular weight excluding hydrogens is 294 g/mol. The Morgan fingerprint density at radius 2 is 1.86 bits per heavy atom. The van der Waals surface area contributed by atoms with Crippen LogP contribution in [0.25, 0.3) is 0 Å². The fraction of sp³-hybridized carbons (Fsp3) is 0.118. The fourth-order valence-electron chi connectivity index (χ4n) is 2.28. The van der Waals surface area contributed by atoms with E-state index in [1.165, 1.54) is 0 Å². The summed E-state index contributed by atoms with van der Waals surface area (Å²) in [6.07, 6.45) is 4.15. The molecule has 4 nitrogen and oxygen atoms in total. The highest BCUT2D eigenvalue weighted by Crippen LogP contribution is 2.06. The molecule has 0 saturated carbocycles. The minimum atomic E-state index is -0.133. The molecule has 0 aliphatic heterocycles. The topological polar surface area (TPSA) is 50.7 Å². The normalized spacial score (nSPS) is 10.5. The molecule has 3 aromatic rings. The van der Waals surface area contributed by atoms with E-state index in [1.807, 2.05) is 59.3 Å². The Labute approximate surface area is 133 Å². The quantitative estimate of drug-likeness (QED) is 0.754. The van der Waals surface area contributed by atoms with E-state index in [0.717, 1.165) is 11.3 Å². The molecule has 0 radical (unpaired) electrons. The number of nitrogens with zero attached hydrogens (tertiary/aromatic N) is 2. The van der Waals surface area contributed by atoms with Gasteiger partial charge in [0.05, 0.1) is 12.2 Å². The SMILES string of the molecule is O=c1[nH]c(=S)n(Cc2ccccn2)cc1Cc1ccccc1. The maximum atomic E-state index is 12.1. The Kier molecular flexibility index (Phi) is 4.25. The number of aromatic amines is 1. The molecule has 0 fully saturated rings. The van der Waals surface area contributed by atoms with E-state index >= 15 is 0 Å². The summed E-state index contributed by atoms with van der Waals surface area (Å²) in [5, 5.41) is 0. The van der Waals surface area contributed by atoms with Gasteiger partial charge in [0.25, 0.3) is 5.56 Å². The van der Waals surface area contributed by atoms with Gasteiger partial charge in [-0.05, 0) is 29.9 Å². The molecule has 22 heavy (non-hydrogen) atoms. The van der Waals surface area contributed by atoms with Gasteiger partial charge < -0.3 is 4.57 Å². The minimum Gasteiger partial charge on any atom is -0.319 e. The van der Waals surface area contributed by atoms with Crippen LogP contribution in [0.1, 0.15) is 16.8 Å². The van der Waals surface area contributed by atoms with Crippen LogP contribution < -0.4 is 5.56 Å². The number of hydrogen-bond donors (Lipinski definition) is 1. The lowest BCUT2D eigenvalue weighted by Gasteiger charge is -2.09. The second-order valence-electron chi connectivity index (χ2n) is 5.02. The van der Waals surface area contributed by atoms with Gasteiger partial charge in [0.2, 0.25) is 0 Å². The molecule has 3 rings (SSSR count). The second-order valence-corrected chi connectivity index (χ2v) is 5.41. The van der Waals surface area contributed by atoms with E-state index in [2.05, 4.69) is 9.97 Å². The summed E-state index contributed by atoms with van der Waals surface area (Å²) in [5.74, 6) is 0. The zero-order valence-electron chi connectivity index (χ0n) is 11.9. The Bertz CT molecular complexity index is 799. The van der Waals surface area contributed by atoms with Crippen LogP contribution in [0, 0.1) is 4.77 Å². The van der Waals surface area contributed by atoms with Crippen LogP contribution in [0.5, 0.6) is 0 Å². The van der Waals surface area contributed by atoms with Crippen LogP contribution >= 0.6 is 12.2 Å². The highest BCUT2D eigenvalue weighted by atomic mass is 32.1. The summed E-state index contributed by atoms with van der Waals surface area (Å²) in [6.45, 7) is 0.540. The summed E-state index contributed by atoms with van der Waals surface area (Å²) in [4.78, 5) is 19.1. The predicted octanol–water partition coefficient (Wildman–Crippen LogP) is 2.94. The second kappa shape index (κ2) is 6.49. The van der Waals surface area contributed by atoms with Crippen molar-refractivity contribution >= 4 is 12.2 Å². The largest absolute Gasteiger partial charge is 0.319 e. The van der Waals surface area contributed by atoms with Crippen LogP contribution in [-0.4, -0.2) is 14.5 Å². The van der Waals surface area contributed by atoms with Crippen molar-refractivity contribution in [3.05, 3.63) is 92.9 Å². The number of pyridine rings is 1. The molecular formula is C17H15N3OS. The summed E-state index contributed by atoms with van der Waals surface area (Å²) in [5.41, 5.74) is 2.55. The molecule has 0 aliphatic carbocycles. The van der Waals surface area contributed by atoms with Crippen LogP contribution in [0.2, 0.25) is 0 Å². The Morgan fingerprint density at radius 1 is 1.09 bits per heavy atom. The zero-order valence-corrected chi connectivity index (χ0v) is 12.7. The smallest absolute Gasteiger partial charge is 0.255 e. The Hall–Kier alpha value is -2.53. The van der Waals surface area contributed by atoms with Gasteiger partial charge in [0, 0.05) is 24.4 Å². The number of benzene rings is 1. The van der Waals surface area contributed by atoms with Crippen molar-refractivity contribution in [2.75, 3.05) is 0 Å². The van der Waals surface area contributed by atoms with Gasteiger partial charge in [-0.25, -0.2) is 0 Å². The van der Waals surface area contributed by atoms with E-state index in [-0.39, 0.29) is 5.56 Å². The maximum absolute atomic E-state index is 12.1. The van der Waals surface area contributed by atoms with Gasteiger partial charge in [-0.1, -0.05) is 36.4 Å². The van der Waals surface area contributed by atoms with Gasteiger partial charge in [-0.3, -0.25) is 14.8 Å². The van der Waals surface area contributed by atoms with Gasteiger partial charge in [-0.15, -0.1) is 0 Å². The summed E-state index contributed by atoms with van der Waals surface area (Å²) < 4.78 is 2.25. The van der Waals surface area contributed by atoms with Crippen molar-refractivity contribution in [1.82, 2.24) is 14.5 Å². The average Bonchev–Trinajstić information content (AvgIpc) is 2.54. The predicted molar refractivity (Wildman–Crippen MR) is 88.5 cm³/mol. The van der Waals surface area contributed by atoms with Crippen molar-refractivity contribution in [2.24, 2.45) is 0 Å². The van der Waals surface area contributed by atoms with Crippen molar-refractivity contribution < 1.29 is 0 Å². The average molecular weight is 309 g/mol. The number of H-pyrrole nitrogens is 1. The minimum absolute atomic E-state index is 0.133. The Balaban J connectivity index is 1.93. The van der Waals surface area contributed by atoms with Crippen molar-refractivity contribution in [3.8, 4) is 0 Å². The van der Waals surface area contributed by atoms with Crippen LogP contribution in [0.4, 0.5) is 0 Å². The number of hydrogen-bond acceptors (Lipinski definition) is 3. The zero-order chi connectivity index (χ0) is 15.4. The lowest BCUT2D eigenvalue weighted by Crippen LogP contribution is -2.19. The van der Waals surface area contributed by atoms with E-state index in [4.69, 9.17) is 12.2 Å². The third-order valence-corrected chi connectivity index (χ3v) is 3.72. The van der Waals surface area contributed by atoms with E-state index < -0.39 is 0 Å². The fourth-order valence-corrected chi connectivity index (χ4v) is 2.49. The molecule has 0 bridgehead atoms. The number of rotatable bonds is 4. The lowest BCUT2D eigenvalue weighted by atomic mass is 10.1. The summed E-state index contributed by atoms with van der Waals surface area (Å²) in [7, 11) is 0. The van der Waals surface area contributed by atoms with Crippen molar-refractivity contribution in [2.45, 2.75) is 13.0 Å². The first-order chi connectivity index (χ1) is 10.7. The molecule has 110 valence electrons. The lowest BCUT2D eigenvalue weighted by molar-refractivity contribution is 0.717. The van der Waals surface area contributed by atoms with Gasteiger partial charge in [0.15, 0.2) is 4.77 Å². The standard InChI is InChI=1S/C17H15N3OS/c21-16-14(10-13-6-2-1-3-7-13)11-20(17(22)19-16)12-15-8-4-5-9-18-15/h1-9,11H,10,12H2,(H,19,21,22). The van der Waals surface area contributed by atoms with Crippen molar-refractivity contribution in [3.63, 3.8) is 0 Å². The number of aromatic nitrogens is 3. The summed E-state index contributed by atoms with van der Waals surface area (Å²) >= 11 is 5.24. The maximum Gasteiger partial charge on any atom is 0.255 e. The van der Waals surface area contributed by atoms with E-state index in [0.29, 0.717) is 23.3 Å². The van der Waals surface area contributed by atoms with E-state index in [9.17, 15) is 4.79 Å². The highest BCUT2D eigenvalue weighted by Gasteiger charge is 2.05. The molecule has 0 atom stereocenters. The first kappa shape index (κ1) is 14.4. The molecule has 1 N–H and O–H groups in total. The Morgan fingerprint density at radius 3 is 2.59 bits per heavy atom. The third kappa shape index (κ3) is 3.38. The van der Waals surface area contributed by atoms with Crippen LogP contribution in [0.3, 0.4) is 0 Å². The molecule has 2 heterocycles. The molecule has 0 amide bonds. The van der Waals surface area contributed by atoms with Gasteiger partial charge in [-0.2, -0.15) is 0 Å². The molecule has 0 unspecified atom stereocenters.